The van der Waals surface area contributed by atoms with Crippen molar-refractivity contribution in [1.29, 1.82) is 0 Å². The Balaban J connectivity index is 0.000000413. The van der Waals surface area contributed by atoms with E-state index in [1.54, 1.807) is 0 Å². The van der Waals surface area contributed by atoms with Crippen LogP contribution in [-0.4, -0.2) is 66.4 Å². The Kier molecular flexibility index (Phi) is 9.36. The fourth-order valence-corrected chi connectivity index (χ4v) is 2.74. The standard InChI is InChI=1S/C14H21BrN2O.C2H2O4/c1-12-3-4-14(13(15)11-12)18-10-2-7-17-8-5-16-6-9-17;3-1(4)2(5)6/h3-4,11,16H,2,5-10H2,1H3;(H,3,4)(H,5,6). The number of benzene rings is 1. The van der Waals surface area contributed by atoms with Crippen LogP contribution in [0.4, 0.5) is 0 Å². The lowest BCUT2D eigenvalue weighted by Crippen LogP contribution is -2.43. The normalized spacial score (nSPS) is 14.4. The van der Waals surface area contributed by atoms with Crippen molar-refractivity contribution < 1.29 is 24.5 Å². The maximum absolute atomic E-state index is 9.10. The molecule has 0 saturated carbocycles. The van der Waals surface area contributed by atoms with Crippen LogP contribution in [0.1, 0.15) is 12.0 Å². The summed E-state index contributed by atoms with van der Waals surface area (Å²) in [5.41, 5.74) is 1.25. The summed E-state index contributed by atoms with van der Waals surface area (Å²) >= 11 is 3.53. The van der Waals surface area contributed by atoms with Gasteiger partial charge in [-0.15, -0.1) is 0 Å². The quantitative estimate of drug-likeness (QED) is 0.507. The fraction of sp³-hybridized carbons (Fsp3) is 0.500. The number of nitrogens with zero attached hydrogens (tertiary/aromatic N) is 1. The summed E-state index contributed by atoms with van der Waals surface area (Å²) in [6.45, 7) is 8.55. The van der Waals surface area contributed by atoms with E-state index in [1.165, 1.54) is 5.56 Å². The summed E-state index contributed by atoms with van der Waals surface area (Å²) in [6.07, 6.45) is 1.08. The van der Waals surface area contributed by atoms with E-state index >= 15 is 0 Å². The van der Waals surface area contributed by atoms with Gasteiger partial charge in [-0.25, -0.2) is 9.59 Å². The molecular weight excluding hydrogens is 380 g/mol. The van der Waals surface area contributed by atoms with E-state index in [0.717, 1.165) is 56.0 Å². The third kappa shape index (κ3) is 8.28. The number of carbonyl (C=O) groups is 2. The molecule has 0 atom stereocenters. The van der Waals surface area contributed by atoms with Crippen LogP contribution < -0.4 is 10.1 Å². The van der Waals surface area contributed by atoms with E-state index in [9.17, 15) is 0 Å². The highest BCUT2D eigenvalue weighted by molar-refractivity contribution is 9.10. The van der Waals surface area contributed by atoms with Crippen LogP contribution in [-0.2, 0) is 9.59 Å². The monoisotopic (exact) mass is 402 g/mol. The van der Waals surface area contributed by atoms with Gasteiger partial charge >= 0.3 is 11.9 Å². The molecule has 134 valence electrons. The summed E-state index contributed by atoms with van der Waals surface area (Å²) in [5.74, 6) is -2.70. The number of ether oxygens (including phenoxy) is 1. The number of piperazine rings is 1. The highest BCUT2D eigenvalue weighted by Crippen LogP contribution is 2.25. The van der Waals surface area contributed by atoms with Crippen LogP contribution in [0.25, 0.3) is 0 Å². The minimum Gasteiger partial charge on any atom is -0.492 e. The molecule has 8 heteroatoms. The van der Waals surface area contributed by atoms with Crippen LogP contribution in [0.2, 0.25) is 0 Å². The Morgan fingerprint density at radius 1 is 1.25 bits per heavy atom. The summed E-state index contributed by atoms with van der Waals surface area (Å²) in [6, 6.07) is 6.20. The van der Waals surface area contributed by atoms with Gasteiger partial charge in [-0.05, 0) is 47.0 Å². The summed E-state index contributed by atoms with van der Waals surface area (Å²) in [7, 11) is 0. The highest BCUT2D eigenvalue weighted by atomic mass is 79.9. The third-order valence-corrected chi connectivity index (χ3v) is 3.98. The van der Waals surface area contributed by atoms with E-state index < -0.39 is 11.9 Å². The molecule has 7 nitrogen and oxygen atoms in total. The average molecular weight is 403 g/mol. The number of hydrogen-bond acceptors (Lipinski definition) is 5. The van der Waals surface area contributed by atoms with E-state index in [1.807, 2.05) is 6.07 Å². The molecule has 3 N–H and O–H groups in total. The molecule has 1 saturated heterocycles. The van der Waals surface area contributed by atoms with Crippen molar-refractivity contribution in [1.82, 2.24) is 10.2 Å². The van der Waals surface area contributed by atoms with E-state index in [4.69, 9.17) is 24.5 Å². The maximum atomic E-state index is 9.10. The number of rotatable bonds is 5. The van der Waals surface area contributed by atoms with Crippen molar-refractivity contribution in [3.8, 4) is 5.75 Å². The zero-order chi connectivity index (χ0) is 17.9. The van der Waals surface area contributed by atoms with Gasteiger partial charge in [0.2, 0.25) is 0 Å². The largest absolute Gasteiger partial charge is 0.492 e. The summed E-state index contributed by atoms with van der Waals surface area (Å²) < 4.78 is 6.84. The van der Waals surface area contributed by atoms with Crippen LogP contribution in [0.3, 0.4) is 0 Å². The molecule has 1 aromatic carbocycles. The number of aryl methyl sites for hydroxylation is 1. The first-order chi connectivity index (χ1) is 11.4. The first kappa shape index (κ1) is 20.4. The molecule has 0 spiro atoms. The molecule has 1 aromatic rings. The first-order valence-electron chi connectivity index (χ1n) is 7.68. The van der Waals surface area contributed by atoms with Gasteiger partial charge in [-0.3, -0.25) is 0 Å². The van der Waals surface area contributed by atoms with Crippen molar-refractivity contribution in [2.24, 2.45) is 0 Å². The molecule has 1 aliphatic rings. The zero-order valence-electron chi connectivity index (χ0n) is 13.6. The van der Waals surface area contributed by atoms with Gasteiger partial charge in [0.15, 0.2) is 0 Å². The molecule has 2 rings (SSSR count). The number of aliphatic carboxylic acids is 2. The van der Waals surface area contributed by atoms with Gasteiger partial charge in [0, 0.05) is 32.7 Å². The van der Waals surface area contributed by atoms with Gasteiger partial charge in [0.25, 0.3) is 0 Å². The first-order valence-corrected chi connectivity index (χ1v) is 8.47. The van der Waals surface area contributed by atoms with Gasteiger partial charge in [0.1, 0.15) is 5.75 Å². The van der Waals surface area contributed by atoms with Crippen molar-refractivity contribution >= 4 is 27.9 Å². The minimum atomic E-state index is -1.82. The second-order valence-electron chi connectivity index (χ2n) is 5.34. The molecule has 0 aromatic heterocycles. The summed E-state index contributed by atoms with van der Waals surface area (Å²) in [4.78, 5) is 20.7. The van der Waals surface area contributed by atoms with Crippen molar-refractivity contribution in [3.05, 3.63) is 28.2 Å². The average Bonchev–Trinajstić information content (AvgIpc) is 2.54. The van der Waals surface area contributed by atoms with Gasteiger partial charge < -0.3 is 25.2 Å². The Bertz CT molecular complexity index is 535. The molecule has 1 heterocycles. The maximum Gasteiger partial charge on any atom is 0.414 e. The number of nitrogens with one attached hydrogen (secondary N) is 1. The summed E-state index contributed by atoms with van der Waals surface area (Å²) in [5, 5.41) is 18.1. The highest BCUT2D eigenvalue weighted by Gasteiger charge is 2.08. The Labute approximate surface area is 149 Å². The molecule has 1 aliphatic heterocycles. The smallest absolute Gasteiger partial charge is 0.414 e. The van der Waals surface area contributed by atoms with Gasteiger partial charge in [-0.1, -0.05) is 6.07 Å². The number of hydrogen-bond donors (Lipinski definition) is 3. The van der Waals surface area contributed by atoms with E-state index in [-0.39, 0.29) is 0 Å². The Hall–Kier alpha value is -1.64. The molecule has 1 fully saturated rings. The molecule has 0 amide bonds. The van der Waals surface area contributed by atoms with E-state index in [0.29, 0.717) is 0 Å². The molecule has 0 unspecified atom stereocenters. The van der Waals surface area contributed by atoms with Gasteiger partial charge in [0.05, 0.1) is 11.1 Å². The molecule has 0 radical (unpaired) electrons. The Morgan fingerprint density at radius 3 is 2.42 bits per heavy atom. The minimum absolute atomic E-state index is 0.783. The topological polar surface area (TPSA) is 99.1 Å². The van der Waals surface area contributed by atoms with Crippen LogP contribution in [0.5, 0.6) is 5.75 Å². The van der Waals surface area contributed by atoms with Crippen LogP contribution in [0.15, 0.2) is 22.7 Å². The zero-order valence-corrected chi connectivity index (χ0v) is 15.2. The predicted molar refractivity (Wildman–Crippen MR) is 93.6 cm³/mol. The number of halogens is 1. The lowest BCUT2D eigenvalue weighted by atomic mass is 10.2. The Morgan fingerprint density at radius 2 is 1.88 bits per heavy atom. The molecule has 0 aliphatic carbocycles. The molecule has 24 heavy (non-hydrogen) atoms. The lowest BCUT2D eigenvalue weighted by molar-refractivity contribution is -0.159. The molecule has 0 bridgehead atoms. The second kappa shape index (κ2) is 11.0. The second-order valence-corrected chi connectivity index (χ2v) is 6.19. The van der Waals surface area contributed by atoms with E-state index in [2.05, 4.69) is 45.2 Å². The van der Waals surface area contributed by atoms with Crippen LogP contribution >= 0.6 is 15.9 Å². The van der Waals surface area contributed by atoms with Crippen LogP contribution in [0, 0.1) is 6.92 Å². The molecular formula is C16H23BrN2O5. The SMILES string of the molecule is Cc1ccc(OCCCN2CCNCC2)c(Br)c1.O=C(O)C(=O)O. The number of carboxylic acids is 2. The lowest BCUT2D eigenvalue weighted by Gasteiger charge is -2.27. The number of carboxylic acid groups (broad SMARTS) is 2. The van der Waals surface area contributed by atoms with Gasteiger partial charge in [-0.2, -0.15) is 0 Å². The van der Waals surface area contributed by atoms with Crippen molar-refractivity contribution in [3.63, 3.8) is 0 Å². The fourth-order valence-electron chi connectivity index (χ4n) is 2.13. The van der Waals surface area contributed by atoms with Crippen molar-refractivity contribution in [2.75, 3.05) is 39.3 Å². The predicted octanol–water partition coefficient (Wildman–Crippen LogP) is 1.59. The van der Waals surface area contributed by atoms with Crippen molar-refractivity contribution in [2.45, 2.75) is 13.3 Å². The third-order valence-electron chi connectivity index (χ3n) is 3.36.